The maximum Gasteiger partial charge on any atom is 0.266 e. The fourth-order valence-electron chi connectivity index (χ4n) is 4.04. The van der Waals surface area contributed by atoms with E-state index in [9.17, 15) is 14.4 Å². The molecule has 7 nitrogen and oxygen atoms in total. The quantitative estimate of drug-likeness (QED) is 0.214. The maximum atomic E-state index is 13.1. The Bertz CT molecular complexity index is 1520. The minimum absolute atomic E-state index is 0.106. The van der Waals surface area contributed by atoms with Crippen molar-refractivity contribution in [1.29, 1.82) is 0 Å². The molecule has 8 heteroatoms. The molecule has 3 amide bonds. The Kier molecular flexibility index (Phi) is 7.15. The number of methoxy groups -OCH3 is 1. The zero-order valence-corrected chi connectivity index (χ0v) is 21.6. The number of aryl methyl sites for hydroxylation is 1. The summed E-state index contributed by atoms with van der Waals surface area (Å²) in [7, 11) is 1.49. The first-order valence-electron chi connectivity index (χ1n) is 11.9. The van der Waals surface area contributed by atoms with Crippen molar-refractivity contribution in [2.75, 3.05) is 23.1 Å². The lowest BCUT2D eigenvalue weighted by Gasteiger charge is -2.16. The molecule has 0 aromatic heterocycles. The first-order valence-corrected chi connectivity index (χ1v) is 12.8. The number of hydrogen-bond donors (Lipinski definition) is 1. The molecule has 0 spiro atoms. The van der Waals surface area contributed by atoms with Gasteiger partial charge in [0.2, 0.25) is 5.91 Å². The number of carbonyl (C=O) groups is 3. The van der Waals surface area contributed by atoms with Crippen molar-refractivity contribution in [3.05, 3.63) is 108 Å². The molecule has 0 aliphatic carbocycles. The molecule has 0 unspecified atom stereocenters. The highest BCUT2D eigenvalue weighted by Gasteiger charge is 2.38. The second-order valence-electron chi connectivity index (χ2n) is 8.60. The van der Waals surface area contributed by atoms with Crippen molar-refractivity contribution >= 4 is 40.9 Å². The van der Waals surface area contributed by atoms with Crippen LogP contribution in [0.3, 0.4) is 0 Å². The van der Waals surface area contributed by atoms with Crippen LogP contribution in [0.2, 0.25) is 0 Å². The molecule has 4 aromatic carbocycles. The van der Waals surface area contributed by atoms with E-state index < -0.39 is 11.8 Å². The molecule has 1 aliphatic heterocycles. The molecule has 4 aromatic rings. The number of ether oxygens (including phenoxy) is 2. The topological polar surface area (TPSA) is 84.9 Å². The number of thioether (sulfide) groups is 1. The zero-order chi connectivity index (χ0) is 26.6. The molecule has 190 valence electrons. The Balaban J connectivity index is 1.23. The van der Waals surface area contributed by atoms with E-state index in [0.29, 0.717) is 39.9 Å². The van der Waals surface area contributed by atoms with Crippen molar-refractivity contribution in [1.82, 2.24) is 0 Å². The number of imide groups is 1. The van der Waals surface area contributed by atoms with Gasteiger partial charge >= 0.3 is 0 Å². The first-order chi connectivity index (χ1) is 18.4. The fraction of sp³-hybridized carbons (Fsp3) is 0.100. The summed E-state index contributed by atoms with van der Waals surface area (Å²) in [5, 5.41) is 2.88. The Morgan fingerprint density at radius 3 is 2.26 bits per heavy atom. The second-order valence-corrected chi connectivity index (χ2v) is 9.65. The lowest BCUT2D eigenvalue weighted by atomic mass is 10.1. The number of carbonyl (C=O) groups excluding carboxylic acids is 3. The van der Waals surface area contributed by atoms with Gasteiger partial charge in [-0.2, -0.15) is 0 Å². The predicted molar refractivity (Wildman–Crippen MR) is 148 cm³/mol. The van der Waals surface area contributed by atoms with Gasteiger partial charge in [-0.3, -0.25) is 14.4 Å². The Morgan fingerprint density at radius 2 is 1.53 bits per heavy atom. The molecule has 0 fully saturated rings. The van der Waals surface area contributed by atoms with Gasteiger partial charge in [0.15, 0.2) is 0 Å². The number of para-hydroxylation sites is 2. The number of nitrogens with zero attached hydrogens (tertiary/aromatic N) is 1. The van der Waals surface area contributed by atoms with Crippen molar-refractivity contribution in [2.45, 2.75) is 11.8 Å². The highest BCUT2D eigenvalue weighted by molar-refractivity contribution is 8.00. The summed E-state index contributed by atoms with van der Waals surface area (Å²) in [6.07, 6.45) is 0. The van der Waals surface area contributed by atoms with E-state index in [1.165, 1.54) is 24.4 Å². The largest absolute Gasteiger partial charge is 0.495 e. The van der Waals surface area contributed by atoms with Gasteiger partial charge in [-0.1, -0.05) is 29.8 Å². The third kappa shape index (κ3) is 5.26. The molecule has 1 aliphatic rings. The van der Waals surface area contributed by atoms with Crippen LogP contribution in [0, 0.1) is 6.92 Å². The van der Waals surface area contributed by atoms with Crippen LogP contribution >= 0.6 is 11.8 Å². The lowest BCUT2D eigenvalue weighted by molar-refractivity contribution is -0.113. The van der Waals surface area contributed by atoms with Crippen molar-refractivity contribution < 1.29 is 23.9 Å². The summed E-state index contributed by atoms with van der Waals surface area (Å²) in [6, 6.07) is 26.6. The summed E-state index contributed by atoms with van der Waals surface area (Å²) < 4.78 is 11.3. The second kappa shape index (κ2) is 10.8. The molecule has 1 N–H and O–H groups in total. The fourth-order valence-corrected chi connectivity index (χ4v) is 4.74. The van der Waals surface area contributed by atoms with E-state index in [4.69, 9.17) is 9.47 Å². The van der Waals surface area contributed by atoms with Gasteiger partial charge < -0.3 is 14.8 Å². The van der Waals surface area contributed by atoms with Gasteiger partial charge in [0.25, 0.3) is 11.8 Å². The Hall–Kier alpha value is -4.56. The Morgan fingerprint density at radius 1 is 0.842 bits per heavy atom. The Labute approximate surface area is 224 Å². The van der Waals surface area contributed by atoms with E-state index in [1.54, 1.807) is 66.7 Å². The number of amides is 3. The van der Waals surface area contributed by atoms with E-state index >= 15 is 0 Å². The average Bonchev–Trinajstić information content (AvgIpc) is 3.18. The number of anilines is 2. The third-order valence-electron chi connectivity index (χ3n) is 5.95. The number of fused-ring (bicyclic) bond motifs is 1. The lowest BCUT2D eigenvalue weighted by Crippen LogP contribution is -2.29. The monoisotopic (exact) mass is 524 g/mol. The van der Waals surface area contributed by atoms with Crippen LogP contribution in [0.5, 0.6) is 17.2 Å². The molecule has 1 heterocycles. The number of rotatable bonds is 8. The molecular formula is C30H24N2O5S. The zero-order valence-electron chi connectivity index (χ0n) is 20.8. The smallest absolute Gasteiger partial charge is 0.266 e. The highest BCUT2D eigenvalue weighted by Crippen LogP contribution is 2.36. The number of hydrogen-bond acceptors (Lipinski definition) is 6. The van der Waals surface area contributed by atoms with Crippen LogP contribution in [-0.4, -0.2) is 30.6 Å². The number of benzene rings is 4. The third-order valence-corrected chi connectivity index (χ3v) is 6.96. The van der Waals surface area contributed by atoms with Crippen LogP contribution in [0.1, 0.15) is 26.3 Å². The van der Waals surface area contributed by atoms with Gasteiger partial charge in [0, 0.05) is 10.6 Å². The SMILES string of the molecule is COc1ccccc1N1C(=O)c2ccc(Oc3ccc(NC(=O)CSc4ccc(C)cc4)cc3)cc2C1=O. The molecular weight excluding hydrogens is 500 g/mol. The minimum atomic E-state index is -0.443. The van der Waals surface area contributed by atoms with Gasteiger partial charge in [-0.05, 0) is 73.7 Å². The van der Waals surface area contributed by atoms with Crippen molar-refractivity contribution in [3.63, 3.8) is 0 Å². The summed E-state index contributed by atoms with van der Waals surface area (Å²) >= 11 is 1.47. The van der Waals surface area contributed by atoms with Crippen LogP contribution in [-0.2, 0) is 4.79 Å². The van der Waals surface area contributed by atoms with E-state index in [-0.39, 0.29) is 11.5 Å². The van der Waals surface area contributed by atoms with E-state index in [0.717, 1.165) is 9.80 Å². The molecule has 5 rings (SSSR count). The van der Waals surface area contributed by atoms with E-state index in [1.807, 2.05) is 31.2 Å². The van der Waals surface area contributed by atoms with Gasteiger partial charge in [-0.15, -0.1) is 11.8 Å². The highest BCUT2D eigenvalue weighted by atomic mass is 32.2. The molecule has 0 atom stereocenters. The van der Waals surface area contributed by atoms with Gasteiger partial charge in [0.1, 0.15) is 17.2 Å². The van der Waals surface area contributed by atoms with Crippen molar-refractivity contribution in [2.24, 2.45) is 0 Å². The summed E-state index contributed by atoms with van der Waals surface area (Å²) in [6.45, 7) is 2.02. The van der Waals surface area contributed by atoms with Crippen LogP contribution in [0.15, 0.2) is 95.9 Å². The van der Waals surface area contributed by atoms with E-state index in [2.05, 4.69) is 5.32 Å². The number of nitrogens with one attached hydrogen (secondary N) is 1. The molecule has 0 saturated heterocycles. The van der Waals surface area contributed by atoms with Crippen molar-refractivity contribution in [3.8, 4) is 17.2 Å². The molecule has 0 radical (unpaired) electrons. The first kappa shape index (κ1) is 25.1. The van der Waals surface area contributed by atoms with Crippen LogP contribution in [0.25, 0.3) is 0 Å². The summed E-state index contributed by atoms with van der Waals surface area (Å²) in [5.74, 6) is 0.705. The van der Waals surface area contributed by atoms with Crippen LogP contribution in [0.4, 0.5) is 11.4 Å². The average molecular weight is 525 g/mol. The standard InChI is InChI=1S/C30H24N2O5S/c1-19-7-14-23(15-8-19)38-18-28(33)31-20-9-11-21(12-10-20)37-22-13-16-24-25(17-22)30(35)32(29(24)34)26-5-3-4-6-27(26)36-2/h3-17H,18H2,1-2H3,(H,31,33). The molecule has 0 bridgehead atoms. The molecule has 0 saturated carbocycles. The molecule has 38 heavy (non-hydrogen) atoms. The minimum Gasteiger partial charge on any atom is -0.495 e. The van der Waals surface area contributed by atoms with Crippen LogP contribution < -0.4 is 19.7 Å². The van der Waals surface area contributed by atoms with Gasteiger partial charge in [0.05, 0.1) is 29.7 Å². The predicted octanol–water partition coefficient (Wildman–Crippen LogP) is 6.33. The summed E-state index contributed by atoms with van der Waals surface area (Å²) in [5.41, 5.74) is 2.77. The van der Waals surface area contributed by atoms with Gasteiger partial charge in [-0.25, -0.2) is 4.90 Å². The normalized spacial score (nSPS) is 12.3. The summed E-state index contributed by atoms with van der Waals surface area (Å²) in [4.78, 5) is 40.6. The maximum absolute atomic E-state index is 13.1.